The lowest BCUT2D eigenvalue weighted by Crippen LogP contribution is -2.08. The number of ether oxygens (including phenoxy) is 1. The highest BCUT2D eigenvalue weighted by Crippen LogP contribution is 2.17. The van der Waals surface area contributed by atoms with Gasteiger partial charge in [-0.3, -0.25) is 0 Å². The van der Waals surface area contributed by atoms with Gasteiger partial charge in [-0.15, -0.1) is 0 Å². The van der Waals surface area contributed by atoms with Gasteiger partial charge in [-0.2, -0.15) is 0 Å². The van der Waals surface area contributed by atoms with Crippen molar-refractivity contribution in [2.45, 2.75) is 0 Å². The topological polar surface area (TPSA) is 43.4 Å². The highest BCUT2D eigenvalue weighted by molar-refractivity contribution is 9.10. The molecule has 0 heterocycles. The van der Waals surface area contributed by atoms with Gasteiger partial charge in [0.25, 0.3) is 0 Å². The van der Waals surface area contributed by atoms with E-state index in [1.165, 1.54) is 0 Å². The fraction of sp³-hybridized carbons (Fsp3) is 0.250. The van der Waals surface area contributed by atoms with Crippen molar-refractivity contribution >= 4 is 35.7 Å². The average molecular weight is 300 g/mol. The molecule has 0 aliphatic heterocycles. The van der Waals surface area contributed by atoms with Crippen LogP contribution in [0.2, 0.25) is 0 Å². The molecule has 0 unspecified atom stereocenters. The Bertz CT molecular complexity index is 405. The largest absolute Gasteiger partial charge is 0.492 e. The summed E-state index contributed by atoms with van der Waals surface area (Å²) in [6.07, 6.45) is 0. The van der Waals surface area contributed by atoms with E-state index in [1.54, 1.807) is 18.2 Å². The van der Waals surface area contributed by atoms with E-state index in [0.717, 1.165) is 4.47 Å². The highest BCUT2D eigenvalue weighted by atomic mass is 79.9. The lowest BCUT2D eigenvalue weighted by molar-refractivity contribution is 0.341. The van der Waals surface area contributed by atoms with Gasteiger partial charge in [0.05, 0.1) is 5.75 Å². The van der Waals surface area contributed by atoms with E-state index in [0.29, 0.717) is 5.75 Å². The molecule has 0 aliphatic carbocycles. The third-order valence-electron chi connectivity index (χ3n) is 1.39. The fourth-order valence-corrected chi connectivity index (χ4v) is 1.67. The zero-order valence-electron chi connectivity index (χ0n) is 7.11. The van der Waals surface area contributed by atoms with Crippen molar-refractivity contribution in [3.63, 3.8) is 0 Å². The first kappa shape index (κ1) is 11.8. The summed E-state index contributed by atoms with van der Waals surface area (Å²) < 4.78 is 27.2. The monoisotopic (exact) mass is 298 g/mol. The van der Waals surface area contributed by atoms with Crippen LogP contribution < -0.4 is 4.74 Å². The molecule has 3 nitrogen and oxygen atoms in total. The maximum Gasteiger partial charge on any atom is 0.235 e. The summed E-state index contributed by atoms with van der Waals surface area (Å²) in [7, 11) is 1.54. The second-order valence-electron chi connectivity index (χ2n) is 2.55. The first-order chi connectivity index (χ1) is 6.47. The average Bonchev–Trinajstić information content (AvgIpc) is 2.01. The summed E-state index contributed by atoms with van der Waals surface area (Å²) in [6.45, 7) is 0.0578. The van der Waals surface area contributed by atoms with Gasteiger partial charge in [0, 0.05) is 15.2 Å². The maximum atomic E-state index is 10.6. The third-order valence-corrected chi connectivity index (χ3v) is 3.00. The van der Waals surface area contributed by atoms with E-state index < -0.39 is 9.05 Å². The van der Waals surface area contributed by atoms with Crippen LogP contribution in [0.4, 0.5) is 0 Å². The first-order valence-corrected chi connectivity index (χ1v) is 7.05. The van der Waals surface area contributed by atoms with Gasteiger partial charge in [0.2, 0.25) is 9.05 Å². The quantitative estimate of drug-likeness (QED) is 0.802. The molecule has 0 saturated carbocycles. The van der Waals surface area contributed by atoms with Gasteiger partial charge in [-0.25, -0.2) is 8.42 Å². The highest BCUT2D eigenvalue weighted by Gasteiger charge is 2.04. The van der Waals surface area contributed by atoms with E-state index in [1.807, 2.05) is 6.07 Å². The van der Waals surface area contributed by atoms with Crippen LogP contribution >= 0.6 is 26.6 Å². The molecule has 0 N–H and O–H groups in total. The Labute approximate surface area is 95.6 Å². The van der Waals surface area contributed by atoms with E-state index >= 15 is 0 Å². The van der Waals surface area contributed by atoms with Crippen LogP contribution in [-0.2, 0) is 9.05 Å². The maximum absolute atomic E-state index is 10.6. The van der Waals surface area contributed by atoms with E-state index in [-0.39, 0.29) is 12.4 Å². The van der Waals surface area contributed by atoms with Crippen molar-refractivity contribution in [1.82, 2.24) is 0 Å². The zero-order chi connectivity index (χ0) is 10.6. The van der Waals surface area contributed by atoms with E-state index in [2.05, 4.69) is 15.9 Å². The van der Waals surface area contributed by atoms with Crippen LogP contribution in [0.1, 0.15) is 0 Å². The number of hydrogen-bond donors (Lipinski definition) is 0. The Hall–Kier alpha value is -0.260. The Morgan fingerprint density at radius 2 is 2.14 bits per heavy atom. The molecule has 1 aromatic rings. The Balaban J connectivity index is 2.47. The van der Waals surface area contributed by atoms with Gasteiger partial charge in [0.1, 0.15) is 12.4 Å². The lowest BCUT2D eigenvalue weighted by atomic mass is 10.3. The van der Waals surface area contributed by atoms with Gasteiger partial charge >= 0.3 is 0 Å². The van der Waals surface area contributed by atoms with Crippen LogP contribution in [0.5, 0.6) is 5.75 Å². The zero-order valence-corrected chi connectivity index (χ0v) is 10.3. The van der Waals surface area contributed by atoms with Crippen LogP contribution in [0.3, 0.4) is 0 Å². The molecule has 0 spiro atoms. The molecule has 0 fully saturated rings. The molecule has 1 rings (SSSR count). The minimum atomic E-state index is -3.47. The van der Waals surface area contributed by atoms with Gasteiger partial charge in [-0.05, 0) is 18.2 Å². The molecule has 0 aliphatic rings. The predicted molar refractivity (Wildman–Crippen MR) is 59.3 cm³/mol. The smallest absolute Gasteiger partial charge is 0.235 e. The molecular weight excluding hydrogens is 292 g/mol. The Kier molecular flexibility index (Phi) is 4.22. The van der Waals surface area contributed by atoms with Crippen molar-refractivity contribution in [1.29, 1.82) is 0 Å². The van der Waals surface area contributed by atoms with E-state index in [9.17, 15) is 8.42 Å². The van der Waals surface area contributed by atoms with Crippen molar-refractivity contribution < 1.29 is 13.2 Å². The van der Waals surface area contributed by atoms with Crippen molar-refractivity contribution in [2.75, 3.05) is 12.4 Å². The first-order valence-electron chi connectivity index (χ1n) is 3.78. The van der Waals surface area contributed by atoms with Crippen molar-refractivity contribution in [3.05, 3.63) is 28.7 Å². The summed E-state index contributed by atoms with van der Waals surface area (Å²) in [5.74, 6) is 0.417. The number of rotatable bonds is 4. The van der Waals surface area contributed by atoms with Crippen LogP contribution in [0, 0.1) is 0 Å². The molecule has 78 valence electrons. The summed E-state index contributed by atoms with van der Waals surface area (Å²) in [5.41, 5.74) is 0. The minimum Gasteiger partial charge on any atom is -0.492 e. The van der Waals surface area contributed by atoms with Crippen LogP contribution in [-0.4, -0.2) is 20.8 Å². The summed E-state index contributed by atoms with van der Waals surface area (Å²) >= 11 is 3.27. The molecule has 1 aromatic carbocycles. The predicted octanol–water partition coefficient (Wildman–Crippen LogP) is 2.40. The lowest BCUT2D eigenvalue weighted by Gasteiger charge is -2.04. The molecule has 0 amide bonds. The second kappa shape index (κ2) is 5.00. The minimum absolute atomic E-state index is 0.0578. The van der Waals surface area contributed by atoms with E-state index in [4.69, 9.17) is 15.4 Å². The number of hydrogen-bond acceptors (Lipinski definition) is 3. The van der Waals surface area contributed by atoms with Crippen LogP contribution in [0.15, 0.2) is 28.7 Å². The molecular formula is C8H8BrClO3S. The number of halogens is 2. The summed E-state index contributed by atoms with van der Waals surface area (Å²) in [4.78, 5) is 0. The normalized spacial score (nSPS) is 11.3. The SMILES string of the molecule is O=S(=O)(Cl)CCOc1cccc(Br)c1. The molecule has 0 radical (unpaired) electrons. The molecule has 0 bridgehead atoms. The van der Waals surface area contributed by atoms with Crippen molar-refractivity contribution in [3.8, 4) is 5.75 Å². The Morgan fingerprint density at radius 3 is 2.71 bits per heavy atom. The van der Waals surface area contributed by atoms with Gasteiger partial charge in [0.15, 0.2) is 0 Å². The molecule has 0 aromatic heterocycles. The molecule has 14 heavy (non-hydrogen) atoms. The third kappa shape index (κ3) is 4.83. The standard InChI is InChI=1S/C8H8BrClO3S/c9-7-2-1-3-8(6-7)13-4-5-14(10,11)12/h1-3,6H,4-5H2. The summed E-state index contributed by atoms with van der Waals surface area (Å²) in [6, 6.07) is 7.15. The molecule has 0 atom stereocenters. The van der Waals surface area contributed by atoms with Gasteiger partial charge in [-0.1, -0.05) is 22.0 Å². The molecule has 6 heteroatoms. The fourth-order valence-electron chi connectivity index (χ4n) is 0.816. The molecule has 0 saturated heterocycles. The summed E-state index contributed by atoms with van der Waals surface area (Å²) in [5, 5.41) is 0. The van der Waals surface area contributed by atoms with Crippen LogP contribution in [0.25, 0.3) is 0 Å². The Morgan fingerprint density at radius 1 is 1.43 bits per heavy atom. The number of benzene rings is 1. The van der Waals surface area contributed by atoms with Crippen molar-refractivity contribution in [2.24, 2.45) is 0 Å². The van der Waals surface area contributed by atoms with Gasteiger partial charge < -0.3 is 4.74 Å². The second-order valence-corrected chi connectivity index (χ2v) is 6.36.